The predicted octanol–water partition coefficient (Wildman–Crippen LogP) is 1.33. The highest BCUT2D eigenvalue weighted by atomic mass is 16.2. The van der Waals surface area contributed by atoms with Crippen LogP contribution in [0, 0.1) is 13.8 Å². The Kier molecular flexibility index (Phi) is 3.07. The fourth-order valence-corrected chi connectivity index (χ4v) is 2.89. The average Bonchev–Trinajstić information content (AvgIpc) is 2.95. The molecule has 7 nitrogen and oxygen atoms in total. The highest BCUT2D eigenvalue weighted by Crippen LogP contribution is 2.20. The Hall–Kier alpha value is -2.83. The summed E-state index contributed by atoms with van der Waals surface area (Å²) in [5.74, 6) is -0.0973. The Labute approximate surface area is 133 Å². The summed E-state index contributed by atoms with van der Waals surface area (Å²) in [7, 11) is 0. The molecule has 3 aromatic heterocycles. The van der Waals surface area contributed by atoms with Gasteiger partial charge in [0.2, 0.25) is 0 Å². The van der Waals surface area contributed by atoms with Gasteiger partial charge in [0.25, 0.3) is 5.91 Å². The molecule has 3 aromatic rings. The number of hydrogen-bond donors (Lipinski definition) is 0. The standard InChI is InChI=1S/C16H16N6O/c1-10-5-15-19-7-12-9-21(4-3-14(12)22(15)20-10)16(23)13-8-17-11(2)6-18-13/h5-8H,3-4,9H2,1-2H3. The minimum Gasteiger partial charge on any atom is -0.332 e. The first-order valence-corrected chi connectivity index (χ1v) is 7.53. The summed E-state index contributed by atoms with van der Waals surface area (Å²) in [6.07, 6.45) is 5.74. The minimum absolute atomic E-state index is 0.0973. The topological polar surface area (TPSA) is 76.3 Å². The Morgan fingerprint density at radius 3 is 2.74 bits per heavy atom. The molecule has 23 heavy (non-hydrogen) atoms. The quantitative estimate of drug-likeness (QED) is 0.678. The Morgan fingerprint density at radius 1 is 1.09 bits per heavy atom. The lowest BCUT2D eigenvalue weighted by molar-refractivity contribution is 0.0726. The fraction of sp³-hybridized carbons (Fsp3) is 0.312. The molecule has 7 heteroatoms. The van der Waals surface area contributed by atoms with Crippen molar-refractivity contribution < 1.29 is 4.79 Å². The number of amides is 1. The number of carbonyl (C=O) groups is 1. The molecule has 0 fully saturated rings. The normalized spacial score (nSPS) is 14.1. The summed E-state index contributed by atoms with van der Waals surface area (Å²) >= 11 is 0. The van der Waals surface area contributed by atoms with Crippen molar-refractivity contribution in [1.29, 1.82) is 0 Å². The lowest BCUT2D eigenvalue weighted by Crippen LogP contribution is -2.37. The van der Waals surface area contributed by atoms with Gasteiger partial charge >= 0.3 is 0 Å². The Morgan fingerprint density at radius 2 is 1.96 bits per heavy atom. The van der Waals surface area contributed by atoms with E-state index in [0.717, 1.165) is 34.7 Å². The van der Waals surface area contributed by atoms with Gasteiger partial charge in [0.05, 0.1) is 23.3 Å². The van der Waals surface area contributed by atoms with Gasteiger partial charge in [-0.15, -0.1) is 0 Å². The number of hydrogen-bond acceptors (Lipinski definition) is 5. The maximum atomic E-state index is 12.6. The molecule has 1 amide bonds. The molecule has 0 N–H and O–H groups in total. The molecule has 4 rings (SSSR count). The number of rotatable bonds is 1. The van der Waals surface area contributed by atoms with Gasteiger partial charge in [0, 0.05) is 43.5 Å². The van der Waals surface area contributed by atoms with Gasteiger partial charge < -0.3 is 4.90 Å². The van der Waals surface area contributed by atoms with Crippen molar-refractivity contribution >= 4 is 11.6 Å². The van der Waals surface area contributed by atoms with E-state index in [0.29, 0.717) is 18.8 Å². The largest absolute Gasteiger partial charge is 0.332 e. The van der Waals surface area contributed by atoms with Crippen molar-refractivity contribution in [3.8, 4) is 0 Å². The second kappa shape index (κ2) is 5.12. The molecule has 0 bridgehead atoms. The van der Waals surface area contributed by atoms with Crippen LogP contribution in [0.2, 0.25) is 0 Å². The Balaban J connectivity index is 1.64. The average molecular weight is 308 g/mol. The third-order valence-corrected chi connectivity index (χ3v) is 4.06. The molecule has 0 aromatic carbocycles. The van der Waals surface area contributed by atoms with Crippen molar-refractivity contribution in [2.75, 3.05) is 6.54 Å². The number of aryl methyl sites for hydroxylation is 2. The lowest BCUT2D eigenvalue weighted by Gasteiger charge is -2.28. The molecule has 0 unspecified atom stereocenters. The molecular weight excluding hydrogens is 292 g/mol. The SMILES string of the molecule is Cc1cnc(C(=O)N2CCc3c(cnc4cc(C)nn34)C2)cn1. The van der Waals surface area contributed by atoms with Crippen molar-refractivity contribution in [3.63, 3.8) is 0 Å². The van der Waals surface area contributed by atoms with E-state index < -0.39 is 0 Å². The van der Waals surface area contributed by atoms with Crippen LogP contribution in [0.3, 0.4) is 0 Å². The molecule has 1 aliphatic heterocycles. The van der Waals surface area contributed by atoms with Gasteiger partial charge in [-0.3, -0.25) is 9.78 Å². The van der Waals surface area contributed by atoms with Crippen LogP contribution in [-0.2, 0) is 13.0 Å². The highest BCUT2D eigenvalue weighted by Gasteiger charge is 2.25. The number of carbonyl (C=O) groups excluding carboxylic acids is 1. The van der Waals surface area contributed by atoms with Gasteiger partial charge in [0.1, 0.15) is 5.69 Å². The maximum absolute atomic E-state index is 12.6. The molecule has 0 radical (unpaired) electrons. The van der Waals surface area contributed by atoms with Crippen LogP contribution in [0.25, 0.3) is 5.65 Å². The zero-order valence-electron chi connectivity index (χ0n) is 13.0. The van der Waals surface area contributed by atoms with Crippen molar-refractivity contribution in [1.82, 2.24) is 29.5 Å². The molecule has 0 spiro atoms. The third kappa shape index (κ3) is 2.34. The first-order valence-electron chi connectivity index (χ1n) is 7.53. The van der Waals surface area contributed by atoms with Gasteiger partial charge in [0.15, 0.2) is 5.65 Å². The summed E-state index contributed by atoms with van der Waals surface area (Å²) in [6.45, 7) is 4.96. The Bertz CT molecular complexity index is 899. The van der Waals surface area contributed by atoms with Crippen molar-refractivity contribution in [2.45, 2.75) is 26.8 Å². The van der Waals surface area contributed by atoms with Crippen LogP contribution >= 0.6 is 0 Å². The van der Waals surface area contributed by atoms with E-state index in [1.165, 1.54) is 6.20 Å². The second-order valence-electron chi connectivity index (χ2n) is 5.81. The monoisotopic (exact) mass is 308 g/mol. The first kappa shape index (κ1) is 13.8. The predicted molar refractivity (Wildman–Crippen MR) is 82.9 cm³/mol. The van der Waals surface area contributed by atoms with E-state index in [1.807, 2.05) is 30.6 Å². The second-order valence-corrected chi connectivity index (χ2v) is 5.81. The van der Waals surface area contributed by atoms with E-state index in [1.54, 1.807) is 11.1 Å². The van der Waals surface area contributed by atoms with Crippen LogP contribution in [-0.4, -0.2) is 41.9 Å². The lowest BCUT2D eigenvalue weighted by atomic mass is 10.1. The van der Waals surface area contributed by atoms with Crippen molar-refractivity contribution in [2.24, 2.45) is 0 Å². The summed E-state index contributed by atoms with van der Waals surface area (Å²) < 4.78 is 1.89. The van der Waals surface area contributed by atoms with Crippen LogP contribution in [0.15, 0.2) is 24.7 Å². The van der Waals surface area contributed by atoms with Crippen LogP contribution in [0.5, 0.6) is 0 Å². The maximum Gasteiger partial charge on any atom is 0.274 e. The zero-order chi connectivity index (χ0) is 16.0. The van der Waals surface area contributed by atoms with E-state index in [9.17, 15) is 4.79 Å². The molecule has 1 aliphatic rings. The summed E-state index contributed by atoms with van der Waals surface area (Å²) in [5, 5.41) is 4.49. The zero-order valence-corrected chi connectivity index (χ0v) is 13.0. The van der Waals surface area contributed by atoms with E-state index in [4.69, 9.17) is 0 Å². The summed E-state index contributed by atoms with van der Waals surface area (Å²) in [6, 6.07) is 1.96. The summed E-state index contributed by atoms with van der Waals surface area (Å²) in [5.41, 5.74) is 5.13. The van der Waals surface area contributed by atoms with Crippen molar-refractivity contribution in [3.05, 3.63) is 53.0 Å². The van der Waals surface area contributed by atoms with Gasteiger partial charge in [-0.05, 0) is 13.8 Å². The smallest absolute Gasteiger partial charge is 0.274 e. The molecule has 116 valence electrons. The van der Waals surface area contributed by atoms with Crippen LogP contribution in [0.1, 0.15) is 33.1 Å². The van der Waals surface area contributed by atoms with Gasteiger partial charge in [-0.1, -0.05) is 0 Å². The first-order chi connectivity index (χ1) is 11.1. The number of fused-ring (bicyclic) bond motifs is 3. The number of nitrogens with zero attached hydrogens (tertiary/aromatic N) is 6. The summed E-state index contributed by atoms with van der Waals surface area (Å²) in [4.78, 5) is 27.1. The fourth-order valence-electron chi connectivity index (χ4n) is 2.89. The molecule has 0 atom stereocenters. The molecule has 0 aliphatic carbocycles. The van der Waals surface area contributed by atoms with E-state index in [-0.39, 0.29) is 5.91 Å². The molecule has 4 heterocycles. The molecule has 0 saturated heterocycles. The van der Waals surface area contributed by atoms with Crippen LogP contribution < -0.4 is 0 Å². The molecule has 0 saturated carbocycles. The van der Waals surface area contributed by atoms with Gasteiger partial charge in [-0.2, -0.15) is 5.10 Å². The van der Waals surface area contributed by atoms with Gasteiger partial charge in [-0.25, -0.2) is 14.5 Å². The number of aromatic nitrogens is 5. The third-order valence-electron chi connectivity index (χ3n) is 4.06. The highest BCUT2D eigenvalue weighted by molar-refractivity contribution is 5.92. The molecular formula is C16H16N6O. The van der Waals surface area contributed by atoms with Crippen LogP contribution in [0.4, 0.5) is 0 Å². The minimum atomic E-state index is -0.0973. The van der Waals surface area contributed by atoms with E-state index >= 15 is 0 Å². The van der Waals surface area contributed by atoms with E-state index in [2.05, 4.69) is 20.1 Å².